The predicted octanol–water partition coefficient (Wildman–Crippen LogP) is 1.86. The van der Waals surface area contributed by atoms with Crippen molar-refractivity contribution in [2.75, 3.05) is 32.8 Å². The summed E-state index contributed by atoms with van der Waals surface area (Å²) in [6, 6.07) is 15.9. The molecule has 1 saturated heterocycles. The summed E-state index contributed by atoms with van der Waals surface area (Å²) in [6.45, 7) is 1.24. The van der Waals surface area contributed by atoms with E-state index in [1.54, 1.807) is 24.3 Å². The molecule has 2 aromatic rings. The van der Waals surface area contributed by atoms with Crippen LogP contribution in [0.4, 0.5) is 4.79 Å². The first kappa shape index (κ1) is 20.3. The van der Waals surface area contributed by atoms with Crippen molar-refractivity contribution in [1.29, 1.82) is 0 Å². The largest absolute Gasteiger partial charge is 0.445 e. The van der Waals surface area contributed by atoms with Gasteiger partial charge in [-0.15, -0.1) is 0 Å². The van der Waals surface area contributed by atoms with Crippen LogP contribution >= 0.6 is 0 Å². The highest BCUT2D eigenvalue weighted by Crippen LogP contribution is 2.19. The first-order chi connectivity index (χ1) is 13.5. The number of hydrogen-bond acceptors (Lipinski definition) is 5. The summed E-state index contributed by atoms with van der Waals surface area (Å²) in [6.07, 6.45) is 0.0543. The Kier molecular flexibility index (Phi) is 6.66. The second kappa shape index (κ2) is 9.18. The van der Waals surface area contributed by atoms with Gasteiger partial charge in [-0.05, 0) is 29.7 Å². The van der Waals surface area contributed by atoms with Gasteiger partial charge in [0.25, 0.3) is 0 Å². The van der Waals surface area contributed by atoms with Gasteiger partial charge in [0, 0.05) is 32.8 Å². The van der Waals surface area contributed by atoms with E-state index in [0.717, 1.165) is 11.1 Å². The minimum Gasteiger partial charge on any atom is -0.445 e. The second-order valence-electron chi connectivity index (χ2n) is 6.55. The van der Waals surface area contributed by atoms with E-state index >= 15 is 0 Å². The van der Waals surface area contributed by atoms with E-state index in [4.69, 9.17) is 9.84 Å². The number of nitrogens with zero attached hydrogens (tertiary/aromatic N) is 2. The first-order valence-corrected chi connectivity index (χ1v) is 10.6. The van der Waals surface area contributed by atoms with Gasteiger partial charge in [0.1, 0.15) is 6.61 Å². The van der Waals surface area contributed by atoms with Crippen LogP contribution in [0.2, 0.25) is 0 Å². The summed E-state index contributed by atoms with van der Waals surface area (Å²) in [5.41, 5.74) is 1.79. The van der Waals surface area contributed by atoms with Crippen LogP contribution in [0.15, 0.2) is 59.5 Å². The van der Waals surface area contributed by atoms with Gasteiger partial charge in [-0.1, -0.05) is 42.5 Å². The molecule has 150 valence electrons. The fourth-order valence-electron chi connectivity index (χ4n) is 3.03. The van der Waals surface area contributed by atoms with E-state index in [2.05, 4.69) is 0 Å². The maximum absolute atomic E-state index is 12.8. The van der Waals surface area contributed by atoms with Crippen LogP contribution in [0.1, 0.15) is 11.1 Å². The topological polar surface area (TPSA) is 87.2 Å². The lowest BCUT2D eigenvalue weighted by Gasteiger charge is -2.33. The Hall–Kier alpha value is -2.42. The zero-order chi connectivity index (χ0) is 20.0. The number of aliphatic hydroxyl groups is 1. The summed E-state index contributed by atoms with van der Waals surface area (Å²) >= 11 is 0. The van der Waals surface area contributed by atoms with Crippen LogP contribution in [0.25, 0.3) is 0 Å². The highest BCUT2D eigenvalue weighted by atomic mass is 32.2. The SMILES string of the molecule is O=C(OCc1ccccc1)N1CCN(S(=O)(=O)c2ccc(CCO)cc2)CC1. The van der Waals surface area contributed by atoms with E-state index in [0.29, 0.717) is 6.42 Å². The van der Waals surface area contributed by atoms with Crippen LogP contribution < -0.4 is 0 Å². The van der Waals surface area contributed by atoms with Crippen LogP contribution in [-0.2, 0) is 27.8 Å². The summed E-state index contributed by atoms with van der Waals surface area (Å²) in [7, 11) is -3.61. The molecule has 0 saturated carbocycles. The average Bonchev–Trinajstić information content (AvgIpc) is 2.73. The average molecular weight is 404 g/mol. The summed E-state index contributed by atoms with van der Waals surface area (Å²) < 4.78 is 32.3. The fraction of sp³-hybridized carbons (Fsp3) is 0.350. The number of sulfonamides is 1. The third kappa shape index (κ3) is 4.89. The first-order valence-electron chi connectivity index (χ1n) is 9.16. The van der Waals surface area contributed by atoms with Crippen molar-refractivity contribution in [3.05, 3.63) is 65.7 Å². The number of rotatable bonds is 6. The van der Waals surface area contributed by atoms with E-state index in [1.165, 1.54) is 9.21 Å². The van der Waals surface area contributed by atoms with Gasteiger partial charge in [-0.25, -0.2) is 13.2 Å². The standard InChI is InChI=1S/C20H24N2O5S/c23-15-10-17-6-8-19(9-7-17)28(25,26)22-13-11-21(12-14-22)20(24)27-16-18-4-2-1-3-5-18/h1-9,23H,10-16H2. The molecule has 0 aliphatic carbocycles. The molecule has 1 heterocycles. The maximum Gasteiger partial charge on any atom is 0.410 e. The Bertz CT molecular complexity index is 877. The number of piperazine rings is 1. The molecule has 1 N–H and O–H groups in total. The summed E-state index contributed by atoms with van der Waals surface area (Å²) in [5, 5.41) is 8.96. The Morgan fingerprint density at radius 3 is 2.18 bits per heavy atom. The number of carbonyl (C=O) groups is 1. The molecule has 0 atom stereocenters. The molecule has 1 amide bonds. The molecule has 1 fully saturated rings. The number of hydrogen-bond donors (Lipinski definition) is 1. The van der Waals surface area contributed by atoms with Crippen molar-refractivity contribution in [3.63, 3.8) is 0 Å². The number of benzene rings is 2. The van der Waals surface area contributed by atoms with Crippen LogP contribution in [0, 0.1) is 0 Å². The zero-order valence-corrected chi connectivity index (χ0v) is 16.3. The predicted molar refractivity (Wildman–Crippen MR) is 104 cm³/mol. The van der Waals surface area contributed by atoms with E-state index in [9.17, 15) is 13.2 Å². The van der Waals surface area contributed by atoms with E-state index < -0.39 is 16.1 Å². The molecular weight excluding hydrogens is 380 g/mol. The number of amides is 1. The van der Waals surface area contributed by atoms with Crippen LogP contribution in [0.5, 0.6) is 0 Å². The Morgan fingerprint density at radius 1 is 0.929 bits per heavy atom. The molecule has 3 rings (SSSR count). The molecule has 1 aliphatic rings. The molecule has 0 spiro atoms. The smallest absolute Gasteiger partial charge is 0.410 e. The Balaban J connectivity index is 1.54. The van der Waals surface area contributed by atoms with Crippen molar-refractivity contribution in [3.8, 4) is 0 Å². The fourth-order valence-corrected chi connectivity index (χ4v) is 4.45. The zero-order valence-electron chi connectivity index (χ0n) is 15.5. The third-order valence-electron chi connectivity index (χ3n) is 4.66. The highest BCUT2D eigenvalue weighted by molar-refractivity contribution is 7.89. The molecular formula is C20H24N2O5S. The van der Waals surface area contributed by atoms with Gasteiger partial charge >= 0.3 is 6.09 Å². The number of aliphatic hydroxyl groups excluding tert-OH is 1. The van der Waals surface area contributed by atoms with Crippen LogP contribution in [0.3, 0.4) is 0 Å². The Labute approximate surface area is 165 Å². The molecule has 8 heteroatoms. The Morgan fingerprint density at radius 2 is 1.57 bits per heavy atom. The lowest BCUT2D eigenvalue weighted by atomic mass is 10.2. The number of carbonyl (C=O) groups excluding carboxylic acids is 1. The lowest BCUT2D eigenvalue weighted by Crippen LogP contribution is -2.50. The molecule has 7 nitrogen and oxygen atoms in total. The summed E-state index contributed by atoms with van der Waals surface area (Å²) in [4.78, 5) is 14.0. The molecule has 0 aromatic heterocycles. The van der Waals surface area contributed by atoms with Crippen LogP contribution in [-0.4, -0.2) is 61.6 Å². The summed E-state index contributed by atoms with van der Waals surface area (Å²) in [5.74, 6) is 0. The third-order valence-corrected chi connectivity index (χ3v) is 6.58. The molecule has 0 bridgehead atoms. The molecule has 0 radical (unpaired) electrons. The maximum atomic E-state index is 12.8. The molecule has 28 heavy (non-hydrogen) atoms. The minimum absolute atomic E-state index is 0.0223. The minimum atomic E-state index is -3.61. The van der Waals surface area contributed by atoms with Gasteiger partial charge in [-0.3, -0.25) is 0 Å². The molecule has 1 aliphatic heterocycles. The van der Waals surface area contributed by atoms with Gasteiger partial charge in [0.05, 0.1) is 4.90 Å². The monoisotopic (exact) mass is 404 g/mol. The van der Waals surface area contributed by atoms with Crippen molar-refractivity contribution in [1.82, 2.24) is 9.21 Å². The quantitative estimate of drug-likeness (QED) is 0.794. The van der Waals surface area contributed by atoms with Crippen molar-refractivity contribution < 1.29 is 23.1 Å². The van der Waals surface area contributed by atoms with Crippen molar-refractivity contribution in [2.24, 2.45) is 0 Å². The van der Waals surface area contributed by atoms with Crippen molar-refractivity contribution in [2.45, 2.75) is 17.9 Å². The molecule has 2 aromatic carbocycles. The van der Waals surface area contributed by atoms with E-state index in [-0.39, 0.29) is 44.3 Å². The normalized spacial score (nSPS) is 15.4. The molecule has 0 unspecified atom stereocenters. The number of ether oxygens (including phenoxy) is 1. The van der Waals surface area contributed by atoms with Gasteiger partial charge < -0.3 is 14.7 Å². The van der Waals surface area contributed by atoms with E-state index in [1.807, 2.05) is 30.3 Å². The van der Waals surface area contributed by atoms with Gasteiger partial charge in [-0.2, -0.15) is 4.31 Å². The highest BCUT2D eigenvalue weighted by Gasteiger charge is 2.30. The van der Waals surface area contributed by atoms with Gasteiger partial charge in [0.2, 0.25) is 10.0 Å². The van der Waals surface area contributed by atoms with Gasteiger partial charge in [0.15, 0.2) is 0 Å². The van der Waals surface area contributed by atoms with Crippen molar-refractivity contribution >= 4 is 16.1 Å². The second-order valence-corrected chi connectivity index (χ2v) is 8.49. The lowest BCUT2D eigenvalue weighted by molar-refractivity contribution is 0.0838.